The maximum Gasteiger partial charge on any atom is 0.332 e. The Morgan fingerprint density at radius 3 is 2.67 bits per heavy atom. The lowest BCUT2D eigenvalue weighted by Gasteiger charge is -2.65. The van der Waals surface area contributed by atoms with E-state index >= 15 is 0 Å². The van der Waals surface area contributed by atoms with Gasteiger partial charge in [0.15, 0.2) is 0 Å². The smallest absolute Gasteiger partial charge is 0.332 e. The first-order valence-corrected chi connectivity index (χ1v) is 12.3. The zero-order chi connectivity index (χ0) is 23.6. The molecule has 0 saturated heterocycles. The highest BCUT2D eigenvalue weighted by atomic mass is 16.5. The van der Waals surface area contributed by atoms with Gasteiger partial charge in [-0.2, -0.15) is 5.10 Å². The van der Waals surface area contributed by atoms with Crippen LogP contribution in [0.3, 0.4) is 0 Å². The zero-order valence-electron chi connectivity index (χ0n) is 19.4. The quantitative estimate of drug-likeness (QED) is 0.326. The van der Waals surface area contributed by atoms with Gasteiger partial charge in [0.1, 0.15) is 12.4 Å². The third kappa shape index (κ3) is 3.13. The van der Waals surface area contributed by atoms with Gasteiger partial charge in [0.2, 0.25) is 0 Å². The van der Waals surface area contributed by atoms with E-state index in [4.69, 9.17) is 10.5 Å². The van der Waals surface area contributed by atoms with Gasteiger partial charge in [-0.15, -0.1) is 0 Å². The number of aliphatic hydroxyl groups excluding tert-OH is 1. The minimum atomic E-state index is -1.13. The number of urea groups is 1. The van der Waals surface area contributed by atoms with Crippen molar-refractivity contribution in [1.82, 2.24) is 5.43 Å². The molecule has 4 saturated carbocycles. The first-order chi connectivity index (χ1) is 15.5. The van der Waals surface area contributed by atoms with Crippen LogP contribution >= 0.6 is 0 Å². The summed E-state index contributed by atoms with van der Waals surface area (Å²) in [6, 6.07) is -0.753. The maximum atomic E-state index is 12.4. The highest BCUT2D eigenvalue weighted by molar-refractivity contribution is 5.75. The number of nitrogens with two attached hydrogens (primary N) is 1. The van der Waals surface area contributed by atoms with Crippen molar-refractivity contribution in [2.45, 2.75) is 82.0 Å². The van der Waals surface area contributed by atoms with Gasteiger partial charge in [-0.1, -0.05) is 13.5 Å². The molecule has 8 heteroatoms. The third-order valence-electron chi connectivity index (χ3n) is 10.2. The van der Waals surface area contributed by atoms with Crippen LogP contribution in [0.15, 0.2) is 29.1 Å². The van der Waals surface area contributed by atoms with Crippen molar-refractivity contribution in [2.24, 2.45) is 39.4 Å². The molecule has 0 aromatic heterocycles. The molecule has 5 unspecified atom stereocenters. The molecule has 5 aliphatic rings. The van der Waals surface area contributed by atoms with E-state index in [2.05, 4.69) is 24.0 Å². The summed E-state index contributed by atoms with van der Waals surface area (Å²) >= 11 is 0. The van der Waals surface area contributed by atoms with E-state index in [0.29, 0.717) is 44.5 Å². The number of nitrogens with zero attached hydrogens (tertiary/aromatic N) is 1. The Labute approximate surface area is 195 Å². The fourth-order valence-corrected chi connectivity index (χ4v) is 8.65. The van der Waals surface area contributed by atoms with Crippen LogP contribution < -0.4 is 11.2 Å². The van der Waals surface area contributed by atoms with Gasteiger partial charge in [-0.3, -0.25) is 0 Å². The number of aliphatic hydroxyl groups is 3. The maximum absolute atomic E-state index is 12.4. The molecule has 4 fully saturated rings. The van der Waals surface area contributed by atoms with E-state index in [-0.39, 0.29) is 29.6 Å². The number of nitrogens with one attached hydrogen (secondary N) is 1. The van der Waals surface area contributed by atoms with Crippen LogP contribution in [0.4, 0.5) is 4.79 Å². The van der Waals surface area contributed by atoms with Crippen LogP contribution in [-0.2, 0) is 4.74 Å². The molecule has 8 nitrogen and oxygen atoms in total. The zero-order valence-corrected chi connectivity index (χ0v) is 19.4. The third-order valence-corrected chi connectivity index (χ3v) is 10.2. The summed E-state index contributed by atoms with van der Waals surface area (Å²) in [5, 5.41) is 38.7. The van der Waals surface area contributed by atoms with E-state index in [9.17, 15) is 20.1 Å². The van der Waals surface area contributed by atoms with Crippen molar-refractivity contribution in [3.8, 4) is 0 Å². The Morgan fingerprint density at radius 1 is 1.21 bits per heavy atom. The van der Waals surface area contributed by atoms with E-state index in [0.717, 1.165) is 19.3 Å². The molecule has 0 bridgehead atoms. The topological polar surface area (TPSA) is 137 Å². The molecular formula is C25H37N3O5. The number of carbonyl (C=O) groups excluding carboxylic acids is 1. The lowest BCUT2D eigenvalue weighted by atomic mass is 9.41. The Kier molecular flexibility index (Phi) is 5.23. The molecule has 0 spiro atoms. The standard InChI is InChI=1S/C25H37N3O5/c1-15-11-16(13-33-15)18-6-10-25(32)20-5-9-24(31)12-17(29)3-8-23(24,14-27-28-21(26)30)19(20)4-7-22(18,25)2/h11,14,17-20,29,31-32H,1,3-10,12-13H2,2H3,(H3,26,28,30)/t17-,18?,19+,20-,22?,23?,24?,25?/m1/s1. The molecule has 1 heterocycles. The number of fused-ring (bicyclic) bond motifs is 5. The number of primary amides is 1. The monoisotopic (exact) mass is 459 g/mol. The number of hydrogen-bond donors (Lipinski definition) is 5. The Balaban J connectivity index is 1.52. The molecule has 182 valence electrons. The first-order valence-electron chi connectivity index (χ1n) is 12.3. The highest BCUT2D eigenvalue weighted by Crippen LogP contribution is 2.70. The van der Waals surface area contributed by atoms with Crippen molar-refractivity contribution in [3.05, 3.63) is 24.0 Å². The second kappa shape index (κ2) is 7.55. The lowest BCUT2D eigenvalue weighted by molar-refractivity contribution is -0.237. The van der Waals surface area contributed by atoms with Crippen molar-refractivity contribution in [1.29, 1.82) is 0 Å². The summed E-state index contributed by atoms with van der Waals surface area (Å²) < 4.78 is 5.63. The van der Waals surface area contributed by atoms with Crippen molar-refractivity contribution in [3.63, 3.8) is 0 Å². The largest absolute Gasteiger partial charge is 0.490 e. The van der Waals surface area contributed by atoms with Gasteiger partial charge in [-0.05, 0) is 80.8 Å². The van der Waals surface area contributed by atoms with Gasteiger partial charge in [0.25, 0.3) is 0 Å². The van der Waals surface area contributed by atoms with Gasteiger partial charge in [0, 0.05) is 23.5 Å². The second-order valence-electron chi connectivity index (χ2n) is 11.4. The van der Waals surface area contributed by atoms with Gasteiger partial charge < -0.3 is 25.8 Å². The summed E-state index contributed by atoms with van der Waals surface area (Å²) in [5.74, 6) is 0.946. The lowest BCUT2D eigenvalue weighted by Crippen LogP contribution is -2.68. The number of allylic oxidation sites excluding steroid dienone is 1. The van der Waals surface area contributed by atoms with Crippen LogP contribution in [-0.4, -0.2) is 51.5 Å². The highest BCUT2D eigenvalue weighted by Gasteiger charge is 2.71. The van der Waals surface area contributed by atoms with Gasteiger partial charge in [-0.25, -0.2) is 10.2 Å². The summed E-state index contributed by atoms with van der Waals surface area (Å²) in [6.45, 7) is 6.71. The molecule has 0 aromatic rings. The van der Waals surface area contributed by atoms with E-state index in [1.54, 1.807) is 6.21 Å². The predicted octanol–water partition coefficient (Wildman–Crippen LogP) is 2.34. The molecule has 4 aliphatic carbocycles. The summed E-state index contributed by atoms with van der Waals surface area (Å²) in [5.41, 5.74) is 5.76. The molecule has 0 radical (unpaired) electrons. The number of carbonyl (C=O) groups is 1. The van der Waals surface area contributed by atoms with Crippen molar-refractivity contribution in [2.75, 3.05) is 6.61 Å². The summed E-state index contributed by atoms with van der Waals surface area (Å²) in [6.07, 6.45) is 9.04. The summed E-state index contributed by atoms with van der Waals surface area (Å²) in [4.78, 5) is 11.3. The molecular weight excluding hydrogens is 422 g/mol. The number of rotatable bonds is 3. The molecule has 8 atom stereocenters. The van der Waals surface area contributed by atoms with Crippen LogP contribution in [0.5, 0.6) is 0 Å². The Morgan fingerprint density at radius 2 is 1.97 bits per heavy atom. The van der Waals surface area contributed by atoms with Gasteiger partial charge >= 0.3 is 6.03 Å². The van der Waals surface area contributed by atoms with E-state index in [1.807, 2.05) is 6.08 Å². The van der Waals surface area contributed by atoms with Crippen LogP contribution in [0.2, 0.25) is 0 Å². The predicted molar refractivity (Wildman–Crippen MR) is 123 cm³/mol. The minimum Gasteiger partial charge on any atom is -0.490 e. The fourth-order valence-electron chi connectivity index (χ4n) is 8.65. The number of hydrogen-bond acceptors (Lipinski definition) is 6. The fraction of sp³-hybridized carbons (Fsp3) is 0.760. The Hall–Kier alpha value is -1.90. The Bertz CT molecular complexity index is 920. The normalized spacial score (nSPS) is 49.1. The average Bonchev–Trinajstić information content (AvgIpc) is 3.28. The van der Waals surface area contributed by atoms with Gasteiger partial charge in [0.05, 0.1) is 17.3 Å². The van der Waals surface area contributed by atoms with Crippen LogP contribution in [0.25, 0.3) is 0 Å². The average molecular weight is 460 g/mol. The van der Waals surface area contributed by atoms with E-state index in [1.165, 1.54) is 5.57 Å². The van der Waals surface area contributed by atoms with Crippen LogP contribution in [0, 0.1) is 28.6 Å². The summed E-state index contributed by atoms with van der Waals surface area (Å²) in [7, 11) is 0. The van der Waals surface area contributed by atoms with Crippen LogP contribution in [0.1, 0.15) is 64.7 Å². The van der Waals surface area contributed by atoms with E-state index < -0.39 is 28.8 Å². The molecule has 5 rings (SSSR count). The molecule has 6 N–H and O–H groups in total. The molecule has 0 aromatic carbocycles. The van der Waals surface area contributed by atoms with Crippen molar-refractivity contribution >= 4 is 12.2 Å². The minimum absolute atomic E-state index is 0.00257. The SMILES string of the molecule is C=C1C=C(C2CCC3(O)[C@@H]4CCC5(O)C[C@H](O)CCC5(C=NNC(N)=O)[C@H]4CCC23C)CO1. The number of hydrazone groups is 1. The molecule has 1 aliphatic heterocycles. The van der Waals surface area contributed by atoms with Crippen molar-refractivity contribution < 1.29 is 24.9 Å². The molecule has 33 heavy (non-hydrogen) atoms. The number of ether oxygens (including phenoxy) is 1. The first kappa shape index (κ1) is 22.9. The molecule has 2 amide bonds. The second-order valence-corrected chi connectivity index (χ2v) is 11.4. The number of amides is 2.